The lowest BCUT2D eigenvalue weighted by Gasteiger charge is -1.98. The molecule has 0 saturated carbocycles. The van der Waals surface area contributed by atoms with Crippen LogP contribution in [0.15, 0.2) is 6.20 Å². The standard InChI is InChI=1S/C8H13N3O3/c1-13-4-3-11-5-6(9)7(10-11)8(12)14-2/h5H,3-4,9H2,1-2H3. The molecule has 6 heteroatoms. The van der Waals surface area contributed by atoms with Crippen LogP contribution in [0.1, 0.15) is 10.5 Å². The quantitative estimate of drug-likeness (QED) is 0.685. The summed E-state index contributed by atoms with van der Waals surface area (Å²) in [6.45, 7) is 1.07. The Bertz CT molecular complexity index is 322. The van der Waals surface area contributed by atoms with E-state index in [0.717, 1.165) is 0 Å². The number of ether oxygens (including phenoxy) is 2. The zero-order chi connectivity index (χ0) is 10.6. The number of esters is 1. The van der Waals surface area contributed by atoms with Gasteiger partial charge in [-0.05, 0) is 0 Å². The van der Waals surface area contributed by atoms with Gasteiger partial charge in [-0.1, -0.05) is 0 Å². The Labute approximate surface area is 81.6 Å². The van der Waals surface area contributed by atoms with Gasteiger partial charge in [0.15, 0.2) is 5.69 Å². The van der Waals surface area contributed by atoms with Crippen molar-refractivity contribution in [2.75, 3.05) is 26.6 Å². The Morgan fingerprint density at radius 1 is 1.64 bits per heavy atom. The lowest BCUT2D eigenvalue weighted by molar-refractivity contribution is 0.0593. The second kappa shape index (κ2) is 4.61. The van der Waals surface area contributed by atoms with Crippen molar-refractivity contribution < 1.29 is 14.3 Å². The predicted octanol–water partition coefficient (Wildman–Crippen LogP) is -0.102. The number of nitrogen functional groups attached to an aromatic ring is 1. The molecule has 0 aliphatic heterocycles. The van der Waals surface area contributed by atoms with E-state index in [1.165, 1.54) is 7.11 Å². The van der Waals surface area contributed by atoms with Crippen LogP contribution >= 0.6 is 0 Å². The van der Waals surface area contributed by atoms with E-state index < -0.39 is 5.97 Å². The molecular formula is C8H13N3O3. The van der Waals surface area contributed by atoms with Gasteiger partial charge >= 0.3 is 5.97 Å². The third kappa shape index (κ3) is 2.23. The first-order valence-corrected chi connectivity index (χ1v) is 4.09. The molecule has 1 aromatic rings. The van der Waals surface area contributed by atoms with Crippen molar-refractivity contribution in [3.05, 3.63) is 11.9 Å². The number of aromatic nitrogens is 2. The Morgan fingerprint density at radius 2 is 2.36 bits per heavy atom. The number of nitrogens with zero attached hydrogens (tertiary/aromatic N) is 2. The summed E-state index contributed by atoms with van der Waals surface area (Å²) in [6, 6.07) is 0. The van der Waals surface area contributed by atoms with Gasteiger partial charge in [0.05, 0.1) is 25.9 Å². The Kier molecular flexibility index (Phi) is 3.47. The topological polar surface area (TPSA) is 79.4 Å². The number of rotatable bonds is 4. The van der Waals surface area contributed by atoms with Crippen molar-refractivity contribution in [3.8, 4) is 0 Å². The fourth-order valence-corrected chi connectivity index (χ4v) is 0.991. The molecule has 0 radical (unpaired) electrons. The van der Waals surface area contributed by atoms with Gasteiger partial charge < -0.3 is 15.2 Å². The normalized spacial score (nSPS) is 10.1. The largest absolute Gasteiger partial charge is 0.464 e. The molecule has 0 spiro atoms. The molecule has 0 aliphatic carbocycles. The number of hydrogen-bond donors (Lipinski definition) is 1. The second-order valence-corrected chi connectivity index (χ2v) is 2.68. The monoisotopic (exact) mass is 199 g/mol. The molecule has 0 bridgehead atoms. The van der Waals surface area contributed by atoms with Gasteiger partial charge in [0.2, 0.25) is 0 Å². The third-order valence-corrected chi connectivity index (χ3v) is 1.69. The van der Waals surface area contributed by atoms with Gasteiger partial charge in [-0.25, -0.2) is 4.79 Å². The van der Waals surface area contributed by atoms with Gasteiger partial charge in [-0.15, -0.1) is 0 Å². The highest BCUT2D eigenvalue weighted by Gasteiger charge is 2.14. The van der Waals surface area contributed by atoms with Crippen LogP contribution in [-0.4, -0.2) is 36.6 Å². The molecule has 14 heavy (non-hydrogen) atoms. The molecule has 0 fully saturated rings. The van der Waals surface area contributed by atoms with Crippen molar-refractivity contribution >= 4 is 11.7 Å². The van der Waals surface area contributed by atoms with Crippen LogP contribution in [0.3, 0.4) is 0 Å². The summed E-state index contributed by atoms with van der Waals surface area (Å²) < 4.78 is 10.9. The van der Waals surface area contributed by atoms with E-state index in [9.17, 15) is 4.79 Å². The predicted molar refractivity (Wildman–Crippen MR) is 49.9 cm³/mol. The zero-order valence-electron chi connectivity index (χ0n) is 8.19. The van der Waals surface area contributed by atoms with E-state index in [0.29, 0.717) is 18.8 Å². The SMILES string of the molecule is COCCn1cc(N)c(C(=O)OC)n1. The first kappa shape index (κ1) is 10.5. The maximum Gasteiger partial charge on any atom is 0.360 e. The lowest BCUT2D eigenvalue weighted by atomic mass is 10.4. The first-order chi connectivity index (χ1) is 6.69. The maximum atomic E-state index is 11.1. The Hall–Kier alpha value is -1.56. The summed E-state index contributed by atoms with van der Waals surface area (Å²) >= 11 is 0. The smallest absolute Gasteiger partial charge is 0.360 e. The van der Waals surface area contributed by atoms with Gasteiger partial charge in [0.25, 0.3) is 0 Å². The van der Waals surface area contributed by atoms with Crippen LogP contribution < -0.4 is 5.73 Å². The van der Waals surface area contributed by atoms with Crippen molar-refractivity contribution in [1.82, 2.24) is 9.78 Å². The number of carbonyl (C=O) groups is 1. The summed E-state index contributed by atoms with van der Waals surface area (Å²) in [5, 5.41) is 3.96. The third-order valence-electron chi connectivity index (χ3n) is 1.69. The molecule has 0 amide bonds. The minimum absolute atomic E-state index is 0.142. The molecule has 0 aromatic carbocycles. The van der Waals surface area contributed by atoms with E-state index in [-0.39, 0.29) is 5.69 Å². The summed E-state index contributed by atoms with van der Waals surface area (Å²) in [5.74, 6) is -0.529. The average Bonchev–Trinajstić information content (AvgIpc) is 2.55. The number of methoxy groups -OCH3 is 2. The minimum atomic E-state index is -0.529. The summed E-state index contributed by atoms with van der Waals surface area (Å²) in [7, 11) is 2.88. The Morgan fingerprint density at radius 3 is 2.93 bits per heavy atom. The molecule has 1 heterocycles. The first-order valence-electron chi connectivity index (χ1n) is 4.09. The fourth-order valence-electron chi connectivity index (χ4n) is 0.991. The van der Waals surface area contributed by atoms with Crippen LogP contribution in [0.2, 0.25) is 0 Å². The highest BCUT2D eigenvalue weighted by Crippen LogP contribution is 2.09. The van der Waals surface area contributed by atoms with Gasteiger partial charge in [0, 0.05) is 13.3 Å². The van der Waals surface area contributed by atoms with Crippen LogP contribution in [-0.2, 0) is 16.0 Å². The van der Waals surface area contributed by atoms with E-state index in [2.05, 4.69) is 9.84 Å². The molecular weight excluding hydrogens is 186 g/mol. The highest BCUT2D eigenvalue weighted by molar-refractivity contribution is 5.92. The molecule has 6 nitrogen and oxygen atoms in total. The molecule has 0 aliphatic rings. The average molecular weight is 199 g/mol. The molecule has 2 N–H and O–H groups in total. The maximum absolute atomic E-state index is 11.1. The number of anilines is 1. The van der Waals surface area contributed by atoms with Crippen LogP contribution in [0, 0.1) is 0 Å². The summed E-state index contributed by atoms with van der Waals surface area (Å²) in [5.41, 5.74) is 6.02. The van der Waals surface area contributed by atoms with Gasteiger partial charge in [-0.2, -0.15) is 5.10 Å². The lowest BCUT2D eigenvalue weighted by Crippen LogP contribution is -2.08. The van der Waals surface area contributed by atoms with Gasteiger partial charge in [-0.3, -0.25) is 4.68 Å². The van der Waals surface area contributed by atoms with Crippen molar-refractivity contribution in [3.63, 3.8) is 0 Å². The summed E-state index contributed by atoms with van der Waals surface area (Å²) in [6.07, 6.45) is 1.57. The molecule has 0 atom stereocenters. The second-order valence-electron chi connectivity index (χ2n) is 2.68. The van der Waals surface area contributed by atoms with Crippen molar-refractivity contribution in [2.24, 2.45) is 0 Å². The zero-order valence-corrected chi connectivity index (χ0v) is 8.19. The van der Waals surface area contributed by atoms with Gasteiger partial charge in [0.1, 0.15) is 0 Å². The molecule has 1 aromatic heterocycles. The molecule has 78 valence electrons. The fraction of sp³-hybridized carbons (Fsp3) is 0.500. The molecule has 0 unspecified atom stereocenters. The van der Waals surface area contributed by atoms with E-state index in [1.54, 1.807) is 18.0 Å². The van der Waals surface area contributed by atoms with E-state index in [4.69, 9.17) is 10.5 Å². The molecule has 0 saturated heterocycles. The van der Waals surface area contributed by atoms with E-state index >= 15 is 0 Å². The van der Waals surface area contributed by atoms with Crippen LogP contribution in [0.4, 0.5) is 5.69 Å². The highest BCUT2D eigenvalue weighted by atomic mass is 16.5. The number of hydrogen-bond acceptors (Lipinski definition) is 5. The van der Waals surface area contributed by atoms with Crippen LogP contribution in [0.25, 0.3) is 0 Å². The minimum Gasteiger partial charge on any atom is -0.464 e. The number of nitrogens with two attached hydrogens (primary N) is 1. The van der Waals surface area contributed by atoms with E-state index in [1.807, 2.05) is 0 Å². The Balaban J connectivity index is 2.77. The number of carbonyl (C=O) groups excluding carboxylic acids is 1. The van der Waals surface area contributed by atoms with Crippen molar-refractivity contribution in [1.29, 1.82) is 0 Å². The molecule has 1 rings (SSSR count). The van der Waals surface area contributed by atoms with Crippen molar-refractivity contribution in [2.45, 2.75) is 6.54 Å². The van der Waals surface area contributed by atoms with Crippen LogP contribution in [0.5, 0.6) is 0 Å². The summed E-state index contributed by atoms with van der Waals surface area (Å²) in [4.78, 5) is 11.1.